The van der Waals surface area contributed by atoms with Crippen molar-refractivity contribution in [3.63, 3.8) is 0 Å². The van der Waals surface area contributed by atoms with E-state index in [2.05, 4.69) is 49.9 Å². The molecule has 106 valence electrons. The highest BCUT2D eigenvalue weighted by molar-refractivity contribution is 5.51. The van der Waals surface area contributed by atoms with E-state index in [-0.39, 0.29) is 0 Å². The Morgan fingerprint density at radius 3 is 2.53 bits per heavy atom. The number of aromatic nitrogens is 1. The fourth-order valence-corrected chi connectivity index (χ4v) is 2.34. The van der Waals surface area contributed by atoms with Crippen LogP contribution in [0.1, 0.15) is 31.2 Å². The molecular weight excluding hydrogens is 238 g/mol. The molecule has 19 heavy (non-hydrogen) atoms. The van der Waals surface area contributed by atoms with Gasteiger partial charge in [0.1, 0.15) is 0 Å². The highest BCUT2D eigenvalue weighted by Gasteiger charge is 2.17. The number of anilines is 1. The van der Waals surface area contributed by atoms with Gasteiger partial charge in [-0.3, -0.25) is 4.98 Å². The topological polar surface area (TPSA) is 28.6 Å². The van der Waals surface area contributed by atoms with Crippen molar-refractivity contribution in [1.29, 1.82) is 0 Å². The van der Waals surface area contributed by atoms with Gasteiger partial charge in [0, 0.05) is 25.3 Å². The van der Waals surface area contributed by atoms with Crippen molar-refractivity contribution in [2.45, 2.75) is 26.3 Å². The predicted octanol–water partition coefficient (Wildman–Crippen LogP) is 2.10. The van der Waals surface area contributed by atoms with E-state index in [1.807, 2.05) is 0 Å². The van der Waals surface area contributed by atoms with Gasteiger partial charge >= 0.3 is 0 Å². The Kier molecular flexibility index (Phi) is 4.77. The minimum absolute atomic E-state index is 0.472. The van der Waals surface area contributed by atoms with Crippen LogP contribution in [0.5, 0.6) is 0 Å². The minimum Gasteiger partial charge on any atom is -0.378 e. The molecule has 0 radical (unpaired) electrons. The van der Waals surface area contributed by atoms with Crippen LogP contribution in [0.2, 0.25) is 0 Å². The van der Waals surface area contributed by atoms with E-state index in [0.717, 1.165) is 32.8 Å². The quantitative estimate of drug-likeness (QED) is 0.832. The number of hydrogen-bond acceptors (Lipinski definition) is 4. The van der Waals surface area contributed by atoms with Gasteiger partial charge in [0.2, 0.25) is 0 Å². The minimum atomic E-state index is 0.472. The molecule has 0 unspecified atom stereocenters. The van der Waals surface area contributed by atoms with Crippen molar-refractivity contribution in [2.75, 3.05) is 45.3 Å². The molecule has 4 heteroatoms. The number of pyridine rings is 1. The van der Waals surface area contributed by atoms with Crippen LogP contribution >= 0.6 is 0 Å². The van der Waals surface area contributed by atoms with E-state index < -0.39 is 0 Å². The third-order valence-corrected chi connectivity index (χ3v) is 3.38. The lowest BCUT2D eigenvalue weighted by atomic mass is 10.1. The molecule has 1 aliphatic heterocycles. The summed E-state index contributed by atoms with van der Waals surface area (Å²) in [6, 6.07) is 4.39. The van der Waals surface area contributed by atoms with Gasteiger partial charge in [-0.05, 0) is 32.1 Å². The summed E-state index contributed by atoms with van der Waals surface area (Å²) in [6.45, 7) is 8.81. The van der Waals surface area contributed by atoms with Crippen molar-refractivity contribution in [3.05, 3.63) is 23.5 Å². The molecule has 1 aromatic rings. The molecule has 0 bridgehead atoms. The van der Waals surface area contributed by atoms with E-state index in [4.69, 9.17) is 9.72 Å². The summed E-state index contributed by atoms with van der Waals surface area (Å²) in [5.74, 6) is 0.472. The number of morpholine rings is 1. The van der Waals surface area contributed by atoms with Gasteiger partial charge in [0.15, 0.2) is 0 Å². The van der Waals surface area contributed by atoms with E-state index >= 15 is 0 Å². The lowest BCUT2D eigenvalue weighted by molar-refractivity contribution is 0.122. The van der Waals surface area contributed by atoms with Crippen LogP contribution in [0, 0.1) is 0 Å². The maximum absolute atomic E-state index is 5.43. The second-order valence-electron chi connectivity index (χ2n) is 5.69. The van der Waals surface area contributed by atoms with Crippen molar-refractivity contribution in [1.82, 2.24) is 9.88 Å². The molecule has 0 aliphatic carbocycles. The summed E-state index contributed by atoms with van der Waals surface area (Å²) in [5.41, 5.74) is 3.62. The van der Waals surface area contributed by atoms with Crippen LogP contribution in [0.3, 0.4) is 0 Å². The zero-order valence-electron chi connectivity index (χ0n) is 12.5. The lowest BCUT2D eigenvalue weighted by Gasteiger charge is -2.31. The Bertz CT molecular complexity index is 412. The van der Waals surface area contributed by atoms with E-state index in [1.54, 1.807) is 0 Å². The molecule has 0 aromatic carbocycles. The largest absolute Gasteiger partial charge is 0.378 e. The highest BCUT2D eigenvalue weighted by Crippen LogP contribution is 2.24. The molecule has 0 spiro atoms. The molecule has 1 aromatic heterocycles. The van der Waals surface area contributed by atoms with Gasteiger partial charge in [0.25, 0.3) is 0 Å². The summed E-state index contributed by atoms with van der Waals surface area (Å²) >= 11 is 0. The van der Waals surface area contributed by atoms with Crippen molar-refractivity contribution in [2.24, 2.45) is 0 Å². The van der Waals surface area contributed by atoms with Gasteiger partial charge in [-0.2, -0.15) is 0 Å². The monoisotopic (exact) mass is 263 g/mol. The molecule has 1 fully saturated rings. The first-order valence-electron chi connectivity index (χ1n) is 7.05. The van der Waals surface area contributed by atoms with Gasteiger partial charge in [0.05, 0.1) is 24.6 Å². The van der Waals surface area contributed by atoms with Crippen molar-refractivity contribution < 1.29 is 4.74 Å². The number of rotatable bonds is 4. The van der Waals surface area contributed by atoms with Crippen LogP contribution in [-0.2, 0) is 11.3 Å². The first-order valence-corrected chi connectivity index (χ1v) is 7.05. The summed E-state index contributed by atoms with van der Waals surface area (Å²) in [6.07, 6.45) is 0. The smallest absolute Gasteiger partial charge is 0.0780 e. The van der Waals surface area contributed by atoms with E-state index in [1.165, 1.54) is 17.1 Å². The third kappa shape index (κ3) is 3.67. The molecule has 1 saturated heterocycles. The third-order valence-electron chi connectivity index (χ3n) is 3.38. The number of nitrogens with zero attached hydrogens (tertiary/aromatic N) is 3. The van der Waals surface area contributed by atoms with Crippen molar-refractivity contribution >= 4 is 5.69 Å². The number of hydrogen-bond donors (Lipinski definition) is 0. The van der Waals surface area contributed by atoms with E-state index in [9.17, 15) is 0 Å². The molecule has 0 amide bonds. The molecule has 4 nitrogen and oxygen atoms in total. The first-order chi connectivity index (χ1) is 9.08. The Balaban J connectivity index is 2.29. The summed E-state index contributed by atoms with van der Waals surface area (Å²) in [4.78, 5) is 9.43. The average molecular weight is 263 g/mol. The van der Waals surface area contributed by atoms with Gasteiger partial charge < -0.3 is 14.5 Å². The van der Waals surface area contributed by atoms with Crippen LogP contribution in [0.15, 0.2) is 12.1 Å². The van der Waals surface area contributed by atoms with Gasteiger partial charge in [-0.1, -0.05) is 13.8 Å². The molecular formula is C15H25N3O. The van der Waals surface area contributed by atoms with Crippen molar-refractivity contribution in [3.8, 4) is 0 Å². The second-order valence-corrected chi connectivity index (χ2v) is 5.69. The standard InChI is InChI=1S/C15H25N3O/c1-12(2)13-5-6-15(14(16-13)11-17(3)4)18-7-9-19-10-8-18/h5-6,12H,7-11H2,1-4H3. The van der Waals surface area contributed by atoms with Crippen LogP contribution in [0.25, 0.3) is 0 Å². The zero-order chi connectivity index (χ0) is 13.8. The lowest BCUT2D eigenvalue weighted by Crippen LogP contribution is -2.37. The Morgan fingerprint density at radius 2 is 1.95 bits per heavy atom. The van der Waals surface area contributed by atoms with Crippen LogP contribution < -0.4 is 4.90 Å². The Hall–Kier alpha value is -1.13. The molecule has 2 rings (SSSR count). The fraction of sp³-hybridized carbons (Fsp3) is 0.667. The van der Waals surface area contributed by atoms with Crippen LogP contribution in [0.4, 0.5) is 5.69 Å². The summed E-state index contributed by atoms with van der Waals surface area (Å²) in [5, 5.41) is 0. The normalized spacial score (nSPS) is 16.4. The summed E-state index contributed by atoms with van der Waals surface area (Å²) < 4.78 is 5.43. The molecule has 2 heterocycles. The molecule has 0 N–H and O–H groups in total. The summed E-state index contributed by atoms with van der Waals surface area (Å²) in [7, 11) is 4.18. The highest BCUT2D eigenvalue weighted by atomic mass is 16.5. The van der Waals surface area contributed by atoms with Gasteiger partial charge in [-0.25, -0.2) is 0 Å². The second kappa shape index (κ2) is 6.35. The predicted molar refractivity (Wildman–Crippen MR) is 78.7 cm³/mol. The van der Waals surface area contributed by atoms with E-state index in [0.29, 0.717) is 5.92 Å². The van der Waals surface area contributed by atoms with Gasteiger partial charge in [-0.15, -0.1) is 0 Å². The van der Waals surface area contributed by atoms with Crippen LogP contribution in [-0.4, -0.2) is 50.3 Å². The fourth-order valence-electron chi connectivity index (χ4n) is 2.34. The SMILES string of the molecule is CC(C)c1ccc(N2CCOCC2)c(CN(C)C)n1. The molecule has 1 aliphatic rings. The number of ether oxygens (including phenoxy) is 1. The first kappa shape index (κ1) is 14.3. The zero-order valence-corrected chi connectivity index (χ0v) is 12.5. The maximum atomic E-state index is 5.43. The Morgan fingerprint density at radius 1 is 1.26 bits per heavy atom. The average Bonchev–Trinajstić information content (AvgIpc) is 2.39. The maximum Gasteiger partial charge on any atom is 0.0780 e. The molecule has 0 saturated carbocycles. The Labute approximate surface area is 116 Å². The molecule has 0 atom stereocenters.